The Hall–Kier alpha value is -3.58. The zero-order valence-corrected chi connectivity index (χ0v) is 20.2. The number of urea groups is 1. The van der Waals surface area contributed by atoms with E-state index in [-0.39, 0.29) is 18.0 Å². The van der Waals surface area contributed by atoms with Crippen LogP contribution in [0, 0.1) is 6.92 Å². The van der Waals surface area contributed by atoms with Crippen molar-refractivity contribution in [1.29, 1.82) is 0 Å². The minimum Gasteiger partial charge on any atom is -0.334 e. The number of para-hydroxylation sites is 1. The van der Waals surface area contributed by atoms with Gasteiger partial charge in [-0.1, -0.05) is 48.0 Å². The zero-order valence-electron chi connectivity index (χ0n) is 19.4. The molecule has 1 N–H and O–H groups in total. The van der Waals surface area contributed by atoms with Crippen LogP contribution in [-0.4, -0.2) is 52.0 Å². The first-order valence-corrected chi connectivity index (χ1v) is 12.4. The lowest BCUT2D eigenvalue weighted by Gasteiger charge is -2.39. The number of amides is 3. The van der Waals surface area contributed by atoms with Gasteiger partial charge in [-0.25, -0.2) is 4.79 Å². The van der Waals surface area contributed by atoms with Crippen LogP contribution in [0.25, 0.3) is 10.2 Å². The Morgan fingerprint density at radius 3 is 2.53 bits per heavy atom. The summed E-state index contributed by atoms with van der Waals surface area (Å²) in [6.07, 6.45) is 0. The van der Waals surface area contributed by atoms with Gasteiger partial charge in [0.15, 0.2) is 0 Å². The number of thiophene rings is 1. The number of nitrogens with zero attached hydrogens (tertiary/aromatic N) is 3. The molecule has 6 nitrogen and oxygen atoms in total. The molecular formula is C27H28N4O2S. The quantitative estimate of drug-likeness (QED) is 0.430. The van der Waals surface area contributed by atoms with Crippen molar-refractivity contribution >= 4 is 39.2 Å². The molecule has 1 aliphatic rings. The third-order valence-corrected chi connectivity index (χ3v) is 7.33. The molecule has 7 heteroatoms. The SMILES string of the molecule is Cc1ccc(Cn2c(C(=O)N3CCN(C(=O)Nc4ccccc4)C(C)C3)cc3ccsc32)cc1. The second-order valence-electron chi connectivity index (χ2n) is 8.87. The number of anilines is 1. The van der Waals surface area contributed by atoms with E-state index in [0.29, 0.717) is 31.9 Å². The maximum Gasteiger partial charge on any atom is 0.322 e. The number of benzene rings is 2. The lowest BCUT2D eigenvalue weighted by Crippen LogP contribution is -2.56. The summed E-state index contributed by atoms with van der Waals surface area (Å²) < 4.78 is 2.13. The van der Waals surface area contributed by atoms with E-state index in [1.165, 1.54) is 11.1 Å². The molecule has 0 bridgehead atoms. The van der Waals surface area contributed by atoms with Crippen LogP contribution in [0.2, 0.25) is 0 Å². The predicted molar refractivity (Wildman–Crippen MR) is 138 cm³/mol. The van der Waals surface area contributed by atoms with Crippen molar-refractivity contribution in [2.24, 2.45) is 0 Å². The van der Waals surface area contributed by atoms with Gasteiger partial charge < -0.3 is 19.7 Å². The number of carbonyl (C=O) groups is 2. The van der Waals surface area contributed by atoms with Crippen molar-refractivity contribution in [3.63, 3.8) is 0 Å². The molecule has 2 aromatic heterocycles. The van der Waals surface area contributed by atoms with Crippen molar-refractivity contribution in [2.75, 3.05) is 25.0 Å². The number of aromatic nitrogens is 1. The van der Waals surface area contributed by atoms with E-state index in [9.17, 15) is 9.59 Å². The van der Waals surface area contributed by atoms with Gasteiger partial charge in [-0.2, -0.15) is 0 Å². The first kappa shape index (κ1) is 22.2. The first-order valence-electron chi connectivity index (χ1n) is 11.5. The highest BCUT2D eigenvalue weighted by Crippen LogP contribution is 2.28. The Labute approximate surface area is 203 Å². The van der Waals surface area contributed by atoms with Gasteiger partial charge in [-0.05, 0) is 49.1 Å². The highest BCUT2D eigenvalue weighted by atomic mass is 32.1. The Kier molecular flexibility index (Phi) is 6.11. The Morgan fingerprint density at radius 1 is 1.03 bits per heavy atom. The summed E-state index contributed by atoms with van der Waals surface area (Å²) in [6.45, 7) is 6.23. The predicted octanol–water partition coefficient (Wildman–Crippen LogP) is 5.44. The third kappa shape index (κ3) is 4.43. The molecule has 1 saturated heterocycles. The molecule has 34 heavy (non-hydrogen) atoms. The molecule has 3 amide bonds. The summed E-state index contributed by atoms with van der Waals surface area (Å²) in [5.74, 6) is 0.0190. The van der Waals surface area contributed by atoms with Crippen LogP contribution in [-0.2, 0) is 6.54 Å². The normalized spacial score (nSPS) is 16.1. The van der Waals surface area contributed by atoms with Gasteiger partial charge >= 0.3 is 6.03 Å². The Morgan fingerprint density at radius 2 is 1.79 bits per heavy atom. The highest BCUT2D eigenvalue weighted by Gasteiger charge is 2.31. The van der Waals surface area contributed by atoms with Crippen molar-refractivity contribution < 1.29 is 9.59 Å². The van der Waals surface area contributed by atoms with Gasteiger partial charge in [0.05, 0.1) is 0 Å². The second-order valence-corrected chi connectivity index (χ2v) is 9.77. The lowest BCUT2D eigenvalue weighted by atomic mass is 10.1. The molecule has 2 aromatic carbocycles. The van der Waals surface area contributed by atoms with Gasteiger partial charge in [-0.15, -0.1) is 11.3 Å². The molecule has 5 rings (SSSR count). The van der Waals surface area contributed by atoms with Gasteiger partial charge in [0.25, 0.3) is 5.91 Å². The van der Waals surface area contributed by atoms with Crippen molar-refractivity contribution in [1.82, 2.24) is 14.4 Å². The minimum absolute atomic E-state index is 0.0190. The molecule has 4 aromatic rings. The molecule has 1 unspecified atom stereocenters. The van der Waals surface area contributed by atoms with Crippen molar-refractivity contribution in [3.8, 4) is 0 Å². The maximum atomic E-state index is 13.6. The van der Waals surface area contributed by atoms with E-state index >= 15 is 0 Å². The van der Waals surface area contributed by atoms with Crippen LogP contribution < -0.4 is 5.32 Å². The van der Waals surface area contributed by atoms with E-state index in [1.54, 1.807) is 16.2 Å². The number of rotatable bonds is 4. The monoisotopic (exact) mass is 472 g/mol. The van der Waals surface area contributed by atoms with Crippen LogP contribution >= 0.6 is 11.3 Å². The molecule has 1 fully saturated rings. The number of hydrogen-bond acceptors (Lipinski definition) is 3. The standard InChI is InChI=1S/C27H28N4O2S/c1-19-8-10-21(11-9-19)18-31-24(16-22-12-15-34-26(22)31)25(32)29-13-14-30(20(2)17-29)27(33)28-23-6-4-3-5-7-23/h3-12,15-16,20H,13-14,17-18H2,1-2H3,(H,28,33). The fraction of sp³-hybridized carbons (Fsp3) is 0.259. The van der Waals surface area contributed by atoms with Gasteiger partial charge in [0, 0.05) is 43.3 Å². The van der Waals surface area contributed by atoms with Crippen LogP contribution in [0.15, 0.2) is 72.1 Å². The maximum absolute atomic E-state index is 13.6. The number of piperazine rings is 1. The topological polar surface area (TPSA) is 57.6 Å². The van der Waals surface area contributed by atoms with Crippen LogP contribution in [0.1, 0.15) is 28.5 Å². The smallest absolute Gasteiger partial charge is 0.322 e. The number of hydrogen-bond donors (Lipinski definition) is 1. The van der Waals surface area contributed by atoms with Gasteiger partial charge in [0.1, 0.15) is 10.5 Å². The summed E-state index contributed by atoms with van der Waals surface area (Å²) in [5.41, 5.74) is 3.86. The highest BCUT2D eigenvalue weighted by molar-refractivity contribution is 7.16. The van der Waals surface area contributed by atoms with Crippen LogP contribution in [0.4, 0.5) is 10.5 Å². The lowest BCUT2D eigenvalue weighted by molar-refractivity contribution is 0.0583. The Balaban J connectivity index is 1.32. The number of aryl methyl sites for hydroxylation is 1. The number of carbonyl (C=O) groups excluding carboxylic acids is 2. The van der Waals surface area contributed by atoms with E-state index in [1.807, 2.05) is 48.2 Å². The average Bonchev–Trinajstić information content (AvgIpc) is 3.43. The zero-order chi connectivity index (χ0) is 23.7. The molecule has 174 valence electrons. The van der Waals surface area contributed by atoms with Crippen molar-refractivity contribution in [3.05, 3.63) is 88.9 Å². The molecule has 0 radical (unpaired) electrons. The second kappa shape index (κ2) is 9.35. The third-order valence-electron chi connectivity index (χ3n) is 6.38. The molecule has 0 saturated carbocycles. The summed E-state index contributed by atoms with van der Waals surface area (Å²) in [5, 5.41) is 6.11. The summed E-state index contributed by atoms with van der Waals surface area (Å²) in [4.78, 5) is 31.2. The molecule has 1 aliphatic heterocycles. The largest absolute Gasteiger partial charge is 0.334 e. The summed E-state index contributed by atoms with van der Waals surface area (Å²) >= 11 is 1.66. The number of nitrogens with one attached hydrogen (secondary N) is 1. The fourth-order valence-corrected chi connectivity index (χ4v) is 5.40. The van der Waals surface area contributed by atoms with Gasteiger partial charge in [-0.3, -0.25) is 4.79 Å². The number of fused-ring (bicyclic) bond motifs is 1. The van der Waals surface area contributed by atoms with Crippen LogP contribution in [0.3, 0.4) is 0 Å². The average molecular weight is 473 g/mol. The van der Waals surface area contributed by atoms with E-state index in [4.69, 9.17) is 0 Å². The molecule has 0 spiro atoms. The minimum atomic E-state index is -0.131. The molecular weight excluding hydrogens is 444 g/mol. The van der Waals surface area contributed by atoms with E-state index in [2.05, 4.69) is 52.5 Å². The molecule has 3 heterocycles. The first-order chi connectivity index (χ1) is 16.5. The molecule has 0 aliphatic carbocycles. The fourth-order valence-electron chi connectivity index (χ4n) is 4.51. The van der Waals surface area contributed by atoms with Gasteiger partial charge in [0.2, 0.25) is 0 Å². The molecule has 1 atom stereocenters. The van der Waals surface area contributed by atoms with Crippen molar-refractivity contribution in [2.45, 2.75) is 26.4 Å². The summed E-state index contributed by atoms with van der Waals surface area (Å²) in [7, 11) is 0. The van der Waals surface area contributed by atoms with E-state index < -0.39 is 0 Å². The van der Waals surface area contributed by atoms with Crippen LogP contribution in [0.5, 0.6) is 0 Å². The van der Waals surface area contributed by atoms with E-state index in [0.717, 1.165) is 15.9 Å². The Bertz CT molecular complexity index is 1310. The summed E-state index contributed by atoms with van der Waals surface area (Å²) in [6, 6.07) is 21.8.